The molecule has 27 heavy (non-hydrogen) atoms. The van der Waals surface area contributed by atoms with E-state index >= 15 is 0 Å². The van der Waals surface area contributed by atoms with Gasteiger partial charge in [0.1, 0.15) is 0 Å². The molecule has 5 nitrogen and oxygen atoms in total. The van der Waals surface area contributed by atoms with Crippen LogP contribution in [0.2, 0.25) is 0 Å². The lowest BCUT2D eigenvalue weighted by atomic mass is 9.65. The molecule has 1 amide bonds. The Kier molecular flexibility index (Phi) is 9.03. The number of carbonyl (C=O) groups is 1. The zero-order valence-electron chi connectivity index (χ0n) is 16.1. The van der Waals surface area contributed by atoms with Crippen LogP contribution in [0.3, 0.4) is 0 Å². The van der Waals surface area contributed by atoms with E-state index in [4.69, 9.17) is 10.5 Å². The number of amides is 1. The van der Waals surface area contributed by atoms with Gasteiger partial charge in [-0.3, -0.25) is 9.69 Å². The fraction of sp³-hybridized carbons (Fsp3) is 0.947. The fourth-order valence-corrected chi connectivity index (χ4v) is 7.01. The molecular formula is C19H35Cl2N3O2S. The molecule has 0 spiro atoms. The Balaban J connectivity index is 0.00000131. The maximum absolute atomic E-state index is 12.9. The highest BCUT2D eigenvalue weighted by molar-refractivity contribution is 7.99. The van der Waals surface area contributed by atoms with Gasteiger partial charge in [0, 0.05) is 42.9 Å². The third-order valence-electron chi connectivity index (χ3n) is 7.14. The molecule has 2 heterocycles. The number of nitrogens with two attached hydrogens (primary N) is 1. The van der Waals surface area contributed by atoms with Crippen LogP contribution in [0.15, 0.2) is 0 Å². The third-order valence-corrected chi connectivity index (χ3v) is 8.37. The summed E-state index contributed by atoms with van der Waals surface area (Å²) in [4.78, 5) is 15.5. The summed E-state index contributed by atoms with van der Waals surface area (Å²) in [5.41, 5.74) is 6.53. The molecular weight excluding hydrogens is 405 g/mol. The Morgan fingerprint density at radius 1 is 1.19 bits per heavy atom. The highest BCUT2D eigenvalue weighted by atomic mass is 35.5. The number of fused-ring (bicyclic) bond motifs is 2. The van der Waals surface area contributed by atoms with Crippen LogP contribution in [0, 0.1) is 17.8 Å². The smallest absolute Gasteiger partial charge is 0.223 e. The highest BCUT2D eigenvalue weighted by Gasteiger charge is 2.43. The quantitative estimate of drug-likeness (QED) is 0.702. The van der Waals surface area contributed by atoms with Crippen LogP contribution >= 0.6 is 36.6 Å². The normalized spacial score (nSPS) is 39.1. The number of hydrogen-bond acceptors (Lipinski definition) is 5. The molecule has 2 saturated carbocycles. The molecule has 2 aliphatic heterocycles. The number of nitrogens with one attached hydrogen (secondary N) is 1. The van der Waals surface area contributed by atoms with E-state index in [1.165, 1.54) is 31.4 Å². The van der Waals surface area contributed by atoms with E-state index in [1.54, 1.807) is 0 Å². The summed E-state index contributed by atoms with van der Waals surface area (Å²) < 4.78 is 5.53. The second-order valence-corrected chi connectivity index (χ2v) is 9.65. The minimum Gasteiger partial charge on any atom is -0.379 e. The molecule has 0 aromatic rings. The average Bonchev–Trinajstić information content (AvgIpc) is 3.10. The van der Waals surface area contributed by atoms with Crippen LogP contribution in [-0.4, -0.2) is 66.7 Å². The second-order valence-electron chi connectivity index (χ2n) is 8.54. The van der Waals surface area contributed by atoms with Crippen molar-refractivity contribution in [2.24, 2.45) is 23.5 Å². The first-order valence-corrected chi connectivity index (χ1v) is 11.3. The highest BCUT2D eigenvalue weighted by Crippen LogP contribution is 2.42. The lowest BCUT2D eigenvalue weighted by Crippen LogP contribution is -2.60. The summed E-state index contributed by atoms with van der Waals surface area (Å²) in [5, 5.41) is 3.36. The summed E-state index contributed by atoms with van der Waals surface area (Å²) in [6, 6.07) is 0.337. The van der Waals surface area contributed by atoms with Crippen molar-refractivity contribution in [3.63, 3.8) is 0 Å². The zero-order chi connectivity index (χ0) is 17.3. The molecule has 3 unspecified atom stereocenters. The van der Waals surface area contributed by atoms with Crippen LogP contribution in [0.1, 0.15) is 38.5 Å². The van der Waals surface area contributed by atoms with Crippen LogP contribution in [-0.2, 0) is 9.53 Å². The molecule has 4 aliphatic rings. The first kappa shape index (κ1) is 23.6. The molecule has 0 radical (unpaired) electrons. The minimum absolute atomic E-state index is 0. The summed E-state index contributed by atoms with van der Waals surface area (Å²) in [6.07, 6.45) is 6.92. The number of hydrogen-bond donors (Lipinski definition) is 2. The first-order valence-electron chi connectivity index (χ1n) is 10.1. The lowest BCUT2D eigenvalue weighted by Gasteiger charge is -2.45. The summed E-state index contributed by atoms with van der Waals surface area (Å²) in [5.74, 6) is 3.94. The van der Waals surface area contributed by atoms with Gasteiger partial charge < -0.3 is 15.8 Å². The van der Waals surface area contributed by atoms with E-state index < -0.39 is 0 Å². The molecule has 3 N–H and O–H groups in total. The summed E-state index contributed by atoms with van der Waals surface area (Å²) in [6.45, 7) is 4.45. The number of carbonyl (C=O) groups excluding carboxylic acids is 1. The van der Waals surface area contributed by atoms with Crippen molar-refractivity contribution >= 4 is 42.5 Å². The summed E-state index contributed by atoms with van der Waals surface area (Å²) in [7, 11) is 0. The monoisotopic (exact) mass is 439 g/mol. The number of thioether (sulfide) groups is 1. The van der Waals surface area contributed by atoms with Gasteiger partial charge in [-0.1, -0.05) is 6.42 Å². The van der Waals surface area contributed by atoms with E-state index in [2.05, 4.69) is 10.2 Å². The molecule has 2 bridgehead atoms. The zero-order valence-corrected chi connectivity index (χ0v) is 18.5. The number of nitrogens with zero attached hydrogens (tertiary/aromatic N) is 1. The largest absolute Gasteiger partial charge is 0.379 e. The van der Waals surface area contributed by atoms with Crippen molar-refractivity contribution in [3.05, 3.63) is 0 Å². The molecule has 0 aromatic carbocycles. The van der Waals surface area contributed by atoms with E-state index in [0.29, 0.717) is 17.9 Å². The van der Waals surface area contributed by atoms with E-state index in [9.17, 15) is 4.79 Å². The number of rotatable bonds is 4. The predicted molar refractivity (Wildman–Crippen MR) is 116 cm³/mol. The van der Waals surface area contributed by atoms with Gasteiger partial charge in [0.05, 0.1) is 13.2 Å². The standard InChI is InChI=1S/C19H33N3O2S.2ClH/c20-17-14-2-1-3-15(17)11-16(10-14)18(23)21-12-19(4-9-25-13-19)22-5-7-24-8-6-22;;/h14-17H,1-13,20H2,(H,21,23);2*1H. The Bertz CT molecular complexity index is 474. The van der Waals surface area contributed by atoms with Gasteiger partial charge in [0.2, 0.25) is 5.91 Å². The molecule has 2 aliphatic carbocycles. The lowest BCUT2D eigenvalue weighted by molar-refractivity contribution is -0.128. The SMILES string of the molecule is Cl.Cl.NC1C2CCCC1CC(C(=O)NCC1(N3CCOCC3)CCSC1)C2. The fourth-order valence-electron chi connectivity index (χ4n) is 5.53. The number of ether oxygens (including phenoxy) is 1. The number of halogens is 2. The Morgan fingerprint density at radius 2 is 1.85 bits per heavy atom. The molecule has 4 rings (SSSR count). The topological polar surface area (TPSA) is 67.6 Å². The minimum atomic E-state index is 0. The number of morpholine rings is 1. The van der Waals surface area contributed by atoms with Crippen molar-refractivity contribution in [2.75, 3.05) is 44.4 Å². The molecule has 2 saturated heterocycles. The average molecular weight is 440 g/mol. The Labute approximate surface area is 180 Å². The van der Waals surface area contributed by atoms with Gasteiger partial charge >= 0.3 is 0 Å². The van der Waals surface area contributed by atoms with Crippen LogP contribution in [0.5, 0.6) is 0 Å². The molecule has 158 valence electrons. The maximum Gasteiger partial charge on any atom is 0.223 e. The van der Waals surface area contributed by atoms with Gasteiger partial charge in [-0.2, -0.15) is 11.8 Å². The van der Waals surface area contributed by atoms with Gasteiger partial charge in [-0.15, -0.1) is 24.8 Å². The van der Waals surface area contributed by atoms with Crippen molar-refractivity contribution in [2.45, 2.75) is 50.1 Å². The van der Waals surface area contributed by atoms with Crippen LogP contribution in [0.4, 0.5) is 0 Å². The Morgan fingerprint density at radius 3 is 2.44 bits per heavy atom. The van der Waals surface area contributed by atoms with Gasteiger partial charge in [-0.05, 0) is 49.7 Å². The van der Waals surface area contributed by atoms with E-state index in [0.717, 1.165) is 51.4 Å². The van der Waals surface area contributed by atoms with E-state index in [1.807, 2.05) is 11.8 Å². The van der Waals surface area contributed by atoms with Crippen molar-refractivity contribution in [1.29, 1.82) is 0 Å². The Hall–Kier alpha value is 0.280. The molecule has 4 fully saturated rings. The molecule has 8 heteroatoms. The van der Waals surface area contributed by atoms with Crippen molar-refractivity contribution in [1.82, 2.24) is 10.2 Å². The van der Waals surface area contributed by atoms with Crippen LogP contribution < -0.4 is 11.1 Å². The molecule has 3 atom stereocenters. The van der Waals surface area contributed by atoms with Gasteiger partial charge in [-0.25, -0.2) is 0 Å². The summed E-state index contributed by atoms with van der Waals surface area (Å²) >= 11 is 2.03. The predicted octanol–water partition coefficient (Wildman–Crippen LogP) is 2.31. The van der Waals surface area contributed by atoms with Crippen molar-refractivity contribution in [3.8, 4) is 0 Å². The van der Waals surface area contributed by atoms with E-state index in [-0.39, 0.29) is 42.2 Å². The maximum atomic E-state index is 12.9. The van der Waals surface area contributed by atoms with Crippen molar-refractivity contribution < 1.29 is 9.53 Å². The molecule has 0 aromatic heterocycles. The van der Waals surface area contributed by atoms with Gasteiger partial charge in [0.15, 0.2) is 0 Å². The second kappa shape index (κ2) is 10.4. The first-order chi connectivity index (χ1) is 12.2. The van der Waals surface area contributed by atoms with Gasteiger partial charge in [0.25, 0.3) is 0 Å². The third kappa shape index (κ3) is 5.07. The van der Waals surface area contributed by atoms with Crippen LogP contribution in [0.25, 0.3) is 0 Å².